The van der Waals surface area contributed by atoms with E-state index in [1.807, 2.05) is 72.8 Å². The predicted octanol–water partition coefficient (Wildman–Crippen LogP) is 16.9. The van der Waals surface area contributed by atoms with Gasteiger partial charge in [-0.2, -0.15) is 0 Å². The van der Waals surface area contributed by atoms with Crippen molar-refractivity contribution in [2.45, 2.75) is 52.4 Å². The van der Waals surface area contributed by atoms with Gasteiger partial charge in [0.2, 0.25) is 0 Å². The van der Waals surface area contributed by atoms with Gasteiger partial charge >= 0.3 is 0 Å². The highest BCUT2D eigenvalue weighted by atomic mass is 127. The predicted molar refractivity (Wildman–Crippen MR) is 310 cm³/mol. The molecule has 0 unspecified atom stereocenters. The Labute approximate surface area is 445 Å². The summed E-state index contributed by atoms with van der Waals surface area (Å²) in [6.07, 6.45) is 6.42. The maximum atomic E-state index is 6.74. The molecule has 12 rings (SSSR count). The Kier molecular flexibility index (Phi) is 12.6. The molecule has 0 N–H and O–H groups in total. The van der Waals surface area contributed by atoms with E-state index in [4.69, 9.17) is 34.3 Å². The number of unbranched alkanes of at least 4 members (excludes halogenated alkanes) is 2. The van der Waals surface area contributed by atoms with E-state index in [-0.39, 0.29) is 0 Å². The first kappa shape index (κ1) is 45.9. The Morgan fingerprint density at radius 1 is 0.417 bits per heavy atom. The van der Waals surface area contributed by atoms with Crippen molar-refractivity contribution in [3.05, 3.63) is 194 Å². The molecule has 8 aromatic carbocycles. The van der Waals surface area contributed by atoms with E-state index in [1.165, 1.54) is 11.1 Å². The third-order valence-corrected chi connectivity index (χ3v) is 14.6. The molecule has 0 saturated heterocycles. The molecular formula is C62H47I2N7O. The summed E-state index contributed by atoms with van der Waals surface area (Å²) in [5.74, 6) is 3.46. The summed E-state index contributed by atoms with van der Waals surface area (Å²) in [6, 6.07) is 61.3. The van der Waals surface area contributed by atoms with Crippen LogP contribution in [0.25, 0.3) is 118 Å². The second kappa shape index (κ2) is 19.8. The van der Waals surface area contributed by atoms with Gasteiger partial charge in [0.1, 0.15) is 11.2 Å². The largest absolute Gasteiger partial charge is 0.455 e. The first-order chi connectivity index (χ1) is 35.4. The Morgan fingerprint density at radius 2 is 0.931 bits per heavy atom. The van der Waals surface area contributed by atoms with Gasteiger partial charge in [0.15, 0.2) is 34.9 Å². The number of para-hydroxylation sites is 2. The number of hydrogen-bond donors (Lipinski definition) is 0. The van der Waals surface area contributed by atoms with Gasteiger partial charge in [-0.05, 0) is 161 Å². The average Bonchev–Trinajstić information content (AvgIpc) is 3.97. The zero-order chi connectivity index (χ0) is 48.7. The number of aromatic nitrogens is 7. The molecule has 4 heterocycles. The minimum atomic E-state index is 0.515. The third kappa shape index (κ3) is 8.84. The number of furan rings is 1. The SMILES string of the molecule is CCCCc1cc(I)cc(-c2nc(-c3cc(I)cc(CCCC)c3)nc(-c3ccc(-n4c5ccccc5c5c6oc7ccccc7c6ccc54)c(-c4nc(-c5ccccc5)nc(-c5ccccc5)n4)c3)n2)c1. The van der Waals surface area contributed by atoms with Crippen LogP contribution in [0.3, 0.4) is 0 Å². The van der Waals surface area contributed by atoms with Gasteiger partial charge in [0, 0.05) is 56.7 Å². The van der Waals surface area contributed by atoms with Crippen LogP contribution in [0.15, 0.2) is 180 Å². The molecule has 0 aliphatic carbocycles. The molecule has 0 radical (unpaired) electrons. The van der Waals surface area contributed by atoms with Gasteiger partial charge in [-0.25, -0.2) is 29.9 Å². The molecule has 4 aromatic heterocycles. The number of halogens is 2. The molecule has 0 amide bonds. The molecule has 0 bridgehead atoms. The number of hydrogen-bond acceptors (Lipinski definition) is 7. The van der Waals surface area contributed by atoms with Crippen molar-refractivity contribution in [1.29, 1.82) is 0 Å². The highest BCUT2D eigenvalue weighted by Gasteiger charge is 2.24. The maximum absolute atomic E-state index is 6.74. The number of fused-ring (bicyclic) bond motifs is 7. The van der Waals surface area contributed by atoms with Crippen molar-refractivity contribution in [2.24, 2.45) is 0 Å². The molecule has 0 saturated carbocycles. The monoisotopic (exact) mass is 1160 g/mol. The molecule has 0 atom stereocenters. The van der Waals surface area contributed by atoms with Crippen LogP contribution < -0.4 is 0 Å². The van der Waals surface area contributed by atoms with Crippen LogP contribution in [0.4, 0.5) is 0 Å². The van der Waals surface area contributed by atoms with Crippen LogP contribution in [-0.2, 0) is 12.8 Å². The van der Waals surface area contributed by atoms with Gasteiger partial charge in [0.05, 0.1) is 22.1 Å². The molecule has 0 aliphatic rings. The van der Waals surface area contributed by atoms with Crippen molar-refractivity contribution >= 4 is 88.9 Å². The second-order valence-corrected chi connectivity index (χ2v) is 20.8. The summed E-state index contributed by atoms with van der Waals surface area (Å²) in [4.78, 5) is 31.8. The summed E-state index contributed by atoms with van der Waals surface area (Å²) in [5, 5.41) is 4.28. The average molecular weight is 1160 g/mol. The fourth-order valence-electron chi connectivity index (χ4n) is 9.85. The number of aryl methyl sites for hydroxylation is 2. The standard InChI is InChI=1S/C62H47I2N7O/c1-3-5-17-38-31-43(35-45(63)33-38)60-66-59(67-61(68-60)44-32-39(18-6-4-2)34-46(64)36-44)42-27-29-52(50(37-42)62-69-57(40-19-9-7-10-20-40)65-58(70-62)41-21-11-8-12-22-41)71-51-25-15-13-24-49(51)55-53(71)30-28-48-47-23-14-16-26-54(47)72-56(48)55/h7-16,19-37H,3-6,17-18H2,1-2H3. The van der Waals surface area contributed by atoms with Gasteiger partial charge < -0.3 is 8.98 Å². The third-order valence-electron chi connectivity index (χ3n) is 13.3. The minimum absolute atomic E-state index is 0.515. The fourth-order valence-corrected chi connectivity index (χ4v) is 11.3. The Balaban J connectivity index is 1.14. The van der Waals surface area contributed by atoms with Gasteiger partial charge in [-0.1, -0.05) is 124 Å². The van der Waals surface area contributed by atoms with Crippen LogP contribution in [0.5, 0.6) is 0 Å². The topological polar surface area (TPSA) is 95.4 Å². The highest BCUT2D eigenvalue weighted by molar-refractivity contribution is 14.1. The lowest BCUT2D eigenvalue weighted by atomic mass is 10.0. The number of benzene rings is 8. The summed E-state index contributed by atoms with van der Waals surface area (Å²) >= 11 is 4.85. The maximum Gasteiger partial charge on any atom is 0.166 e. The molecule has 0 spiro atoms. The second-order valence-electron chi connectivity index (χ2n) is 18.3. The number of nitrogens with zero attached hydrogens (tertiary/aromatic N) is 7. The molecule has 350 valence electrons. The molecule has 8 nitrogen and oxygen atoms in total. The van der Waals surface area contributed by atoms with Crippen molar-refractivity contribution in [2.75, 3.05) is 0 Å². The fraction of sp³-hybridized carbons (Fsp3) is 0.129. The summed E-state index contributed by atoms with van der Waals surface area (Å²) in [7, 11) is 0. The Hall–Kier alpha value is -7.16. The Morgan fingerprint density at radius 3 is 1.53 bits per heavy atom. The first-order valence-corrected chi connectivity index (χ1v) is 26.8. The van der Waals surface area contributed by atoms with E-state index in [1.54, 1.807) is 0 Å². The molecular weight excluding hydrogens is 1110 g/mol. The first-order valence-electron chi connectivity index (χ1n) is 24.6. The lowest BCUT2D eigenvalue weighted by molar-refractivity contribution is 0.673. The summed E-state index contributed by atoms with van der Waals surface area (Å²) < 4.78 is 11.3. The normalized spacial score (nSPS) is 11.7. The van der Waals surface area contributed by atoms with Crippen LogP contribution >= 0.6 is 45.2 Å². The van der Waals surface area contributed by atoms with Crippen LogP contribution in [0.2, 0.25) is 0 Å². The highest BCUT2D eigenvalue weighted by Crippen LogP contribution is 2.43. The summed E-state index contributed by atoms with van der Waals surface area (Å²) in [5.41, 5.74) is 12.4. The number of rotatable bonds is 13. The minimum Gasteiger partial charge on any atom is -0.455 e. The molecule has 0 fully saturated rings. The van der Waals surface area contributed by atoms with Crippen molar-refractivity contribution < 1.29 is 4.42 Å². The van der Waals surface area contributed by atoms with Gasteiger partial charge in [-0.15, -0.1) is 0 Å². The lowest BCUT2D eigenvalue weighted by Gasteiger charge is -2.16. The quantitative estimate of drug-likeness (QED) is 0.106. The van der Waals surface area contributed by atoms with Crippen molar-refractivity contribution in [3.63, 3.8) is 0 Å². The van der Waals surface area contributed by atoms with Gasteiger partial charge in [-0.3, -0.25) is 0 Å². The van der Waals surface area contributed by atoms with Crippen molar-refractivity contribution in [1.82, 2.24) is 34.5 Å². The van der Waals surface area contributed by atoms with Crippen LogP contribution in [0.1, 0.15) is 50.7 Å². The van der Waals surface area contributed by atoms with E-state index in [0.29, 0.717) is 34.9 Å². The Bertz CT molecular complexity index is 3870. The van der Waals surface area contributed by atoms with Crippen LogP contribution in [0, 0.1) is 7.14 Å². The van der Waals surface area contributed by atoms with E-state index in [0.717, 1.165) is 128 Å². The van der Waals surface area contributed by atoms with E-state index in [9.17, 15) is 0 Å². The zero-order valence-corrected chi connectivity index (χ0v) is 44.1. The van der Waals surface area contributed by atoms with Crippen LogP contribution in [-0.4, -0.2) is 34.5 Å². The molecule has 12 aromatic rings. The van der Waals surface area contributed by atoms with Gasteiger partial charge in [0.25, 0.3) is 0 Å². The molecule has 10 heteroatoms. The van der Waals surface area contributed by atoms with E-state index < -0.39 is 0 Å². The van der Waals surface area contributed by atoms with E-state index >= 15 is 0 Å². The van der Waals surface area contributed by atoms with E-state index in [2.05, 4.69) is 167 Å². The molecule has 72 heavy (non-hydrogen) atoms. The molecule has 0 aliphatic heterocycles. The lowest BCUT2D eigenvalue weighted by Crippen LogP contribution is -2.05. The summed E-state index contributed by atoms with van der Waals surface area (Å²) in [6.45, 7) is 4.47. The zero-order valence-electron chi connectivity index (χ0n) is 39.8. The van der Waals surface area contributed by atoms with Crippen molar-refractivity contribution in [3.8, 4) is 74.0 Å². The smallest absolute Gasteiger partial charge is 0.166 e.